The van der Waals surface area contributed by atoms with Gasteiger partial charge in [0.1, 0.15) is 0 Å². The molecule has 0 amide bonds. The van der Waals surface area contributed by atoms with E-state index in [1.165, 1.54) is 44.1 Å². The first-order chi connectivity index (χ1) is 14.9. The number of ether oxygens (including phenoxy) is 2. The van der Waals surface area contributed by atoms with Crippen molar-refractivity contribution in [2.75, 3.05) is 13.2 Å². The zero-order chi connectivity index (χ0) is 21.4. The molecule has 3 nitrogen and oxygen atoms in total. The van der Waals surface area contributed by atoms with Crippen molar-refractivity contribution in [3.05, 3.63) is 36.2 Å². The minimum absolute atomic E-state index is 0.317. The molecule has 1 saturated heterocycles. The molecule has 31 heavy (non-hydrogen) atoms. The standard InChI is InChI=1S/C28H39NO2/c1-18-16-27(4)22(19(2)28(18)30-14-15-31-28)8-7-21-24-10-9-23(20-6-5-13-29-17-20)26(24,3)12-11-25(21)27/h5-6,9,13,17-19,21-22,24-25H,7-8,10-12,14-16H2,1-4H3/t18?,19?,21-,22?,24-,25-,26+,27-/m0/s1. The van der Waals surface area contributed by atoms with Crippen molar-refractivity contribution in [1.82, 2.24) is 4.98 Å². The first-order valence-corrected chi connectivity index (χ1v) is 12.8. The fraction of sp³-hybridized carbons (Fsp3) is 0.750. The number of hydrogen-bond donors (Lipinski definition) is 0. The lowest BCUT2D eigenvalue weighted by Gasteiger charge is -2.65. The van der Waals surface area contributed by atoms with Crippen LogP contribution in [0.3, 0.4) is 0 Å². The highest BCUT2D eigenvalue weighted by molar-refractivity contribution is 5.72. The van der Waals surface area contributed by atoms with Gasteiger partial charge in [0.2, 0.25) is 0 Å². The normalized spacial score (nSPS) is 48.1. The van der Waals surface area contributed by atoms with Crippen LogP contribution in [0.2, 0.25) is 0 Å². The second-order valence-electron chi connectivity index (χ2n) is 11.9. The van der Waals surface area contributed by atoms with Crippen molar-refractivity contribution in [3.63, 3.8) is 0 Å². The molecule has 1 aromatic heterocycles. The molecular formula is C28H39NO2. The molecule has 4 aliphatic carbocycles. The van der Waals surface area contributed by atoms with Gasteiger partial charge in [-0.25, -0.2) is 0 Å². The monoisotopic (exact) mass is 421 g/mol. The lowest BCUT2D eigenvalue weighted by Crippen LogP contribution is -2.62. The highest BCUT2D eigenvalue weighted by Gasteiger charge is 2.65. The maximum atomic E-state index is 6.35. The Morgan fingerprint density at radius 3 is 2.55 bits per heavy atom. The van der Waals surface area contributed by atoms with Gasteiger partial charge in [0.25, 0.3) is 0 Å². The number of pyridine rings is 1. The lowest BCUT2D eigenvalue weighted by atomic mass is 9.42. The molecule has 6 rings (SSSR count). The van der Waals surface area contributed by atoms with Gasteiger partial charge in [-0.05, 0) is 90.2 Å². The Morgan fingerprint density at radius 2 is 1.81 bits per heavy atom. The zero-order valence-electron chi connectivity index (χ0n) is 19.8. The van der Waals surface area contributed by atoms with Crippen molar-refractivity contribution < 1.29 is 9.47 Å². The molecule has 5 aliphatic rings. The van der Waals surface area contributed by atoms with E-state index in [0.29, 0.717) is 22.7 Å². The third-order valence-electron chi connectivity index (χ3n) is 10.9. The summed E-state index contributed by atoms with van der Waals surface area (Å²) in [6.45, 7) is 11.6. The maximum absolute atomic E-state index is 6.35. The van der Waals surface area contributed by atoms with E-state index in [1.54, 1.807) is 5.57 Å². The predicted octanol–water partition coefficient (Wildman–Crippen LogP) is 6.35. The van der Waals surface area contributed by atoms with E-state index in [9.17, 15) is 0 Å². The molecule has 3 unspecified atom stereocenters. The Morgan fingerprint density at radius 1 is 1.00 bits per heavy atom. The zero-order valence-corrected chi connectivity index (χ0v) is 19.8. The van der Waals surface area contributed by atoms with Gasteiger partial charge in [0, 0.05) is 24.2 Å². The van der Waals surface area contributed by atoms with Crippen molar-refractivity contribution in [3.8, 4) is 0 Å². The molecule has 2 heterocycles. The van der Waals surface area contributed by atoms with Crippen molar-refractivity contribution >= 4 is 5.57 Å². The molecule has 0 aromatic carbocycles. The molecule has 0 bridgehead atoms. The van der Waals surface area contributed by atoms with Gasteiger partial charge in [-0.1, -0.05) is 39.8 Å². The summed E-state index contributed by atoms with van der Waals surface area (Å²) >= 11 is 0. The van der Waals surface area contributed by atoms with Crippen LogP contribution < -0.4 is 0 Å². The van der Waals surface area contributed by atoms with Gasteiger partial charge in [-0.2, -0.15) is 0 Å². The van der Waals surface area contributed by atoms with Crippen LogP contribution in [0, 0.1) is 46.3 Å². The predicted molar refractivity (Wildman–Crippen MR) is 123 cm³/mol. The molecular weight excluding hydrogens is 382 g/mol. The van der Waals surface area contributed by atoms with Crippen molar-refractivity contribution in [1.29, 1.82) is 0 Å². The van der Waals surface area contributed by atoms with Gasteiger partial charge in [-0.15, -0.1) is 0 Å². The Bertz CT molecular complexity index is 874. The van der Waals surface area contributed by atoms with E-state index in [2.05, 4.69) is 57.1 Å². The molecule has 1 spiro atoms. The number of allylic oxidation sites excluding steroid dienone is 2. The summed E-state index contributed by atoms with van der Waals surface area (Å²) < 4.78 is 12.7. The van der Waals surface area contributed by atoms with E-state index >= 15 is 0 Å². The van der Waals surface area contributed by atoms with Crippen LogP contribution in [0.4, 0.5) is 0 Å². The highest BCUT2D eigenvalue weighted by Crippen LogP contribution is 2.70. The van der Waals surface area contributed by atoms with E-state index in [0.717, 1.165) is 36.9 Å². The Balaban J connectivity index is 1.30. The van der Waals surface area contributed by atoms with Crippen molar-refractivity contribution in [2.24, 2.45) is 46.3 Å². The Hall–Kier alpha value is -1.19. The van der Waals surface area contributed by atoms with E-state index in [-0.39, 0.29) is 5.79 Å². The molecule has 4 fully saturated rings. The third-order valence-corrected chi connectivity index (χ3v) is 10.9. The summed E-state index contributed by atoms with van der Waals surface area (Å²) in [6.07, 6.45) is 14.5. The molecule has 1 aliphatic heterocycles. The SMILES string of the molecule is CC1C[C@@]2(C)C(CC[C@@H]3[C@@H]2CC[C@]2(C)C(c4cccnc4)=CC[C@@H]32)C(C)C12OCCO2. The molecule has 3 saturated carbocycles. The van der Waals surface area contributed by atoms with Crippen LogP contribution >= 0.6 is 0 Å². The smallest absolute Gasteiger partial charge is 0.173 e. The largest absolute Gasteiger partial charge is 0.347 e. The second kappa shape index (κ2) is 6.90. The fourth-order valence-electron chi connectivity index (χ4n) is 9.67. The van der Waals surface area contributed by atoms with Gasteiger partial charge in [0.05, 0.1) is 13.2 Å². The Labute approximate surface area is 188 Å². The maximum Gasteiger partial charge on any atom is 0.173 e. The number of rotatable bonds is 1. The molecule has 168 valence electrons. The first kappa shape index (κ1) is 20.4. The van der Waals surface area contributed by atoms with Gasteiger partial charge >= 0.3 is 0 Å². The van der Waals surface area contributed by atoms with Crippen LogP contribution in [0.25, 0.3) is 5.57 Å². The summed E-state index contributed by atoms with van der Waals surface area (Å²) in [5.41, 5.74) is 3.66. The average Bonchev–Trinajstić information content (AvgIpc) is 3.38. The lowest BCUT2D eigenvalue weighted by molar-refractivity contribution is -0.289. The van der Waals surface area contributed by atoms with Crippen LogP contribution in [0.5, 0.6) is 0 Å². The summed E-state index contributed by atoms with van der Waals surface area (Å²) in [7, 11) is 0. The number of fused-ring (bicyclic) bond motifs is 5. The van der Waals surface area contributed by atoms with Crippen LogP contribution in [-0.4, -0.2) is 24.0 Å². The summed E-state index contributed by atoms with van der Waals surface area (Å²) in [4.78, 5) is 4.43. The number of aromatic nitrogens is 1. The molecule has 1 aromatic rings. The summed E-state index contributed by atoms with van der Waals surface area (Å²) in [5.74, 6) is 3.86. The number of hydrogen-bond acceptors (Lipinski definition) is 3. The van der Waals surface area contributed by atoms with Gasteiger partial charge < -0.3 is 9.47 Å². The fourth-order valence-corrected chi connectivity index (χ4v) is 9.67. The van der Waals surface area contributed by atoms with E-state index in [1.807, 2.05) is 6.20 Å². The second-order valence-corrected chi connectivity index (χ2v) is 11.9. The molecule has 3 heteroatoms. The summed E-state index contributed by atoms with van der Waals surface area (Å²) in [6, 6.07) is 4.36. The van der Waals surface area contributed by atoms with Crippen LogP contribution in [0.1, 0.15) is 71.8 Å². The first-order valence-electron chi connectivity index (χ1n) is 12.8. The van der Waals surface area contributed by atoms with Crippen LogP contribution in [-0.2, 0) is 9.47 Å². The topological polar surface area (TPSA) is 31.4 Å². The molecule has 8 atom stereocenters. The van der Waals surface area contributed by atoms with Crippen molar-refractivity contribution in [2.45, 2.75) is 72.0 Å². The van der Waals surface area contributed by atoms with E-state index in [4.69, 9.17) is 9.47 Å². The van der Waals surface area contributed by atoms with Crippen LogP contribution in [0.15, 0.2) is 30.6 Å². The third kappa shape index (κ3) is 2.63. The average molecular weight is 422 g/mol. The van der Waals surface area contributed by atoms with E-state index < -0.39 is 0 Å². The summed E-state index contributed by atoms with van der Waals surface area (Å²) in [5, 5.41) is 0. The molecule has 0 N–H and O–H groups in total. The quantitative estimate of drug-likeness (QED) is 0.529. The Kier molecular flexibility index (Phi) is 4.55. The van der Waals surface area contributed by atoms with Gasteiger partial charge in [-0.3, -0.25) is 4.98 Å². The van der Waals surface area contributed by atoms with Gasteiger partial charge in [0.15, 0.2) is 5.79 Å². The number of nitrogens with zero attached hydrogens (tertiary/aromatic N) is 1. The highest BCUT2D eigenvalue weighted by atomic mass is 16.7. The molecule has 0 radical (unpaired) electrons. The minimum atomic E-state index is -0.317. The minimum Gasteiger partial charge on any atom is -0.347 e.